The second-order valence-electron chi connectivity index (χ2n) is 6.83. The number of rotatable bonds is 5. The van der Waals surface area contributed by atoms with Crippen molar-refractivity contribution in [3.05, 3.63) is 29.8 Å². The van der Waals surface area contributed by atoms with Crippen LogP contribution in [-0.4, -0.2) is 37.9 Å². The van der Waals surface area contributed by atoms with Crippen molar-refractivity contribution in [3.63, 3.8) is 0 Å². The summed E-state index contributed by atoms with van der Waals surface area (Å²) < 4.78 is 16.7. The molecule has 0 unspecified atom stereocenters. The highest BCUT2D eigenvalue weighted by Crippen LogP contribution is 2.26. The van der Waals surface area contributed by atoms with E-state index in [4.69, 9.17) is 14.2 Å². The highest BCUT2D eigenvalue weighted by molar-refractivity contribution is 5.94. The van der Waals surface area contributed by atoms with Crippen molar-refractivity contribution in [3.8, 4) is 0 Å². The van der Waals surface area contributed by atoms with Gasteiger partial charge in [0.1, 0.15) is 0 Å². The Morgan fingerprint density at radius 3 is 3.04 bits per heavy atom. The van der Waals surface area contributed by atoms with Crippen molar-refractivity contribution in [2.45, 2.75) is 51.4 Å². The molecule has 1 aliphatic carbocycles. The Labute approximate surface area is 143 Å². The molecule has 1 amide bonds. The van der Waals surface area contributed by atoms with Crippen LogP contribution >= 0.6 is 0 Å². The molecule has 0 aromatic heterocycles. The van der Waals surface area contributed by atoms with Gasteiger partial charge in [0.2, 0.25) is 0 Å². The zero-order chi connectivity index (χ0) is 16.8. The summed E-state index contributed by atoms with van der Waals surface area (Å²) >= 11 is 0. The molecule has 0 bridgehead atoms. The number of benzene rings is 1. The third-order valence-electron chi connectivity index (χ3n) is 4.68. The summed E-state index contributed by atoms with van der Waals surface area (Å²) in [6, 6.07) is 7.82. The molecule has 5 heteroatoms. The molecule has 5 nitrogen and oxygen atoms in total. The van der Waals surface area contributed by atoms with E-state index in [-0.39, 0.29) is 5.91 Å². The SMILES string of the molecule is C[C@@H]1CCC[C@H](OCc2cccc(NC(=O)[C@H]3COCCO3)c2)C1. The molecule has 132 valence electrons. The molecule has 1 aromatic carbocycles. The fraction of sp³-hybridized carbons (Fsp3) is 0.632. The van der Waals surface area contributed by atoms with Gasteiger partial charge >= 0.3 is 0 Å². The van der Waals surface area contributed by atoms with Crippen molar-refractivity contribution in [2.75, 3.05) is 25.1 Å². The number of hydrogen-bond acceptors (Lipinski definition) is 4. The molecule has 1 aliphatic heterocycles. The number of ether oxygens (including phenoxy) is 3. The summed E-state index contributed by atoms with van der Waals surface area (Å²) in [4.78, 5) is 12.2. The number of anilines is 1. The maximum absolute atomic E-state index is 12.2. The van der Waals surface area contributed by atoms with Gasteiger partial charge in [-0.25, -0.2) is 0 Å². The van der Waals surface area contributed by atoms with E-state index in [1.807, 2.05) is 24.3 Å². The van der Waals surface area contributed by atoms with Gasteiger partial charge in [-0.2, -0.15) is 0 Å². The van der Waals surface area contributed by atoms with Crippen LogP contribution < -0.4 is 5.32 Å². The molecule has 0 radical (unpaired) electrons. The Morgan fingerprint density at radius 1 is 1.33 bits per heavy atom. The Bertz CT molecular complexity index is 542. The maximum Gasteiger partial charge on any atom is 0.255 e. The number of nitrogens with one attached hydrogen (secondary N) is 1. The Hall–Kier alpha value is -1.43. The predicted octanol–water partition coefficient (Wildman–Crippen LogP) is 3.14. The number of carbonyl (C=O) groups excluding carboxylic acids is 1. The third kappa shape index (κ3) is 5.03. The van der Waals surface area contributed by atoms with Gasteiger partial charge < -0.3 is 19.5 Å². The van der Waals surface area contributed by atoms with Gasteiger partial charge in [-0.1, -0.05) is 31.9 Å². The van der Waals surface area contributed by atoms with Gasteiger partial charge in [-0.15, -0.1) is 0 Å². The number of carbonyl (C=O) groups is 1. The zero-order valence-corrected chi connectivity index (χ0v) is 14.3. The van der Waals surface area contributed by atoms with Gasteiger partial charge in [0.05, 0.1) is 32.5 Å². The summed E-state index contributed by atoms with van der Waals surface area (Å²) in [5.74, 6) is 0.598. The predicted molar refractivity (Wildman–Crippen MR) is 91.8 cm³/mol. The molecule has 1 aromatic rings. The standard InChI is InChI=1S/C19H27NO4/c1-14-4-2-7-17(10-14)24-12-15-5-3-6-16(11-15)20-19(21)18-13-22-8-9-23-18/h3,5-6,11,14,17-18H,2,4,7-10,12-13H2,1H3,(H,20,21)/t14-,17+,18-/m1/s1. The second-order valence-corrected chi connectivity index (χ2v) is 6.83. The first-order valence-electron chi connectivity index (χ1n) is 8.91. The monoisotopic (exact) mass is 333 g/mol. The fourth-order valence-corrected chi connectivity index (χ4v) is 3.34. The minimum absolute atomic E-state index is 0.158. The molecule has 2 fully saturated rings. The lowest BCUT2D eigenvalue weighted by Gasteiger charge is -2.26. The topological polar surface area (TPSA) is 56.8 Å². The van der Waals surface area contributed by atoms with Crippen molar-refractivity contribution >= 4 is 11.6 Å². The molecule has 2 aliphatic rings. The Kier molecular flexibility index (Phi) is 6.24. The van der Waals surface area contributed by atoms with Crippen LogP contribution in [0.1, 0.15) is 38.2 Å². The lowest BCUT2D eigenvalue weighted by Crippen LogP contribution is -2.39. The average Bonchev–Trinajstić information content (AvgIpc) is 2.61. The minimum Gasteiger partial charge on any atom is -0.376 e. The molecule has 1 saturated heterocycles. The maximum atomic E-state index is 12.2. The van der Waals surface area contributed by atoms with Crippen LogP contribution in [0.5, 0.6) is 0 Å². The largest absolute Gasteiger partial charge is 0.376 e. The molecule has 24 heavy (non-hydrogen) atoms. The Morgan fingerprint density at radius 2 is 2.25 bits per heavy atom. The normalized spacial score (nSPS) is 27.6. The van der Waals surface area contributed by atoms with Gasteiger partial charge in [0.25, 0.3) is 5.91 Å². The quantitative estimate of drug-likeness (QED) is 0.899. The van der Waals surface area contributed by atoms with Crippen molar-refractivity contribution in [1.29, 1.82) is 0 Å². The second kappa shape index (κ2) is 8.60. The molecule has 1 heterocycles. The first kappa shape index (κ1) is 17.4. The fourth-order valence-electron chi connectivity index (χ4n) is 3.34. The van der Waals surface area contributed by atoms with Crippen LogP contribution in [0.15, 0.2) is 24.3 Å². The van der Waals surface area contributed by atoms with E-state index in [1.54, 1.807) is 0 Å². The zero-order valence-electron chi connectivity index (χ0n) is 14.3. The van der Waals surface area contributed by atoms with E-state index in [2.05, 4.69) is 12.2 Å². The van der Waals surface area contributed by atoms with Gasteiger partial charge in [-0.05, 0) is 36.5 Å². The summed E-state index contributed by atoms with van der Waals surface area (Å²) in [6.45, 7) is 4.21. The molecule has 1 N–H and O–H groups in total. The van der Waals surface area contributed by atoms with E-state index in [0.29, 0.717) is 32.5 Å². The van der Waals surface area contributed by atoms with E-state index >= 15 is 0 Å². The number of amides is 1. The van der Waals surface area contributed by atoms with Crippen molar-refractivity contribution in [2.24, 2.45) is 5.92 Å². The molecule has 0 spiro atoms. The van der Waals surface area contributed by atoms with E-state index in [9.17, 15) is 4.79 Å². The highest BCUT2D eigenvalue weighted by Gasteiger charge is 2.23. The third-order valence-corrected chi connectivity index (χ3v) is 4.68. The molecular weight excluding hydrogens is 306 g/mol. The first-order chi connectivity index (χ1) is 11.7. The molecule has 3 rings (SSSR count). The van der Waals surface area contributed by atoms with E-state index in [1.165, 1.54) is 12.8 Å². The Balaban J connectivity index is 1.50. The van der Waals surface area contributed by atoms with Gasteiger partial charge in [0.15, 0.2) is 6.10 Å². The lowest BCUT2D eigenvalue weighted by atomic mass is 9.89. The highest BCUT2D eigenvalue weighted by atomic mass is 16.6. The molecule has 3 atom stereocenters. The lowest BCUT2D eigenvalue weighted by molar-refractivity contribution is -0.142. The molecular formula is C19H27NO4. The summed E-state index contributed by atoms with van der Waals surface area (Å²) in [7, 11) is 0. The van der Waals surface area contributed by atoms with E-state index < -0.39 is 6.10 Å². The smallest absolute Gasteiger partial charge is 0.255 e. The first-order valence-corrected chi connectivity index (χ1v) is 8.91. The summed E-state index contributed by atoms with van der Waals surface area (Å²) in [5.41, 5.74) is 1.85. The van der Waals surface area contributed by atoms with Crippen LogP contribution in [0.3, 0.4) is 0 Å². The van der Waals surface area contributed by atoms with Crippen LogP contribution in [-0.2, 0) is 25.6 Å². The van der Waals surface area contributed by atoms with Crippen LogP contribution in [0.25, 0.3) is 0 Å². The van der Waals surface area contributed by atoms with Gasteiger partial charge in [-0.3, -0.25) is 4.79 Å². The van der Waals surface area contributed by atoms with Crippen LogP contribution in [0.4, 0.5) is 5.69 Å². The minimum atomic E-state index is -0.526. The van der Waals surface area contributed by atoms with Crippen LogP contribution in [0.2, 0.25) is 0 Å². The summed E-state index contributed by atoms with van der Waals surface area (Å²) in [5, 5.41) is 2.90. The van der Waals surface area contributed by atoms with Gasteiger partial charge in [0, 0.05) is 5.69 Å². The average molecular weight is 333 g/mol. The molecule has 1 saturated carbocycles. The summed E-state index contributed by atoms with van der Waals surface area (Å²) in [6.07, 6.45) is 4.71. The van der Waals surface area contributed by atoms with Crippen molar-refractivity contribution < 1.29 is 19.0 Å². The van der Waals surface area contributed by atoms with Crippen LogP contribution in [0, 0.1) is 5.92 Å². The van der Waals surface area contributed by atoms with E-state index in [0.717, 1.165) is 30.0 Å². The number of hydrogen-bond donors (Lipinski definition) is 1. The van der Waals surface area contributed by atoms with Crippen molar-refractivity contribution in [1.82, 2.24) is 0 Å².